The molecule has 1 aliphatic rings. The number of aromatic nitrogens is 2. The molecule has 0 N–H and O–H groups in total. The number of imidazole rings is 1. The Bertz CT molecular complexity index is 896. The van der Waals surface area contributed by atoms with Crippen molar-refractivity contribution in [3.63, 3.8) is 0 Å². The lowest BCUT2D eigenvalue weighted by atomic mass is 9.75. The summed E-state index contributed by atoms with van der Waals surface area (Å²) in [5.74, 6) is 0.497. The van der Waals surface area contributed by atoms with Crippen molar-refractivity contribution in [3.8, 4) is 0 Å². The van der Waals surface area contributed by atoms with E-state index in [-0.39, 0.29) is 11.7 Å². The second-order valence-electron chi connectivity index (χ2n) is 9.70. The highest BCUT2D eigenvalue weighted by Gasteiger charge is 2.35. The van der Waals surface area contributed by atoms with Gasteiger partial charge in [-0.1, -0.05) is 34.6 Å². The summed E-state index contributed by atoms with van der Waals surface area (Å²) in [7, 11) is 0. The van der Waals surface area contributed by atoms with Crippen LogP contribution in [0.5, 0.6) is 0 Å². The van der Waals surface area contributed by atoms with E-state index in [2.05, 4.69) is 4.98 Å². The summed E-state index contributed by atoms with van der Waals surface area (Å²) in [6.45, 7) is 13.1. The Kier molecular flexibility index (Phi) is 5.50. The van der Waals surface area contributed by atoms with Crippen LogP contribution in [0.4, 0.5) is 0 Å². The molecule has 1 saturated heterocycles. The normalized spacial score (nSPS) is 16.5. The third-order valence-electron chi connectivity index (χ3n) is 5.67. The number of ketones is 2. The van der Waals surface area contributed by atoms with Gasteiger partial charge in [-0.15, -0.1) is 0 Å². The minimum atomic E-state index is -0.461. The molecular formula is C23H32N2O3. The molecule has 5 heteroatoms. The molecular weight excluding hydrogens is 352 g/mol. The van der Waals surface area contributed by atoms with Crippen molar-refractivity contribution in [2.24, 2.45) is 16.7 Å². The van der Waals surface area contributed by atoms with E-state index in [1.165, 1.54) is 0 Å². The first kappa shape index (κ1) is 20.7. The van der Waals surface area contributed by atoms with Gasteiger partial charge in [0.2, 0.25) is 0 Å². The summed E-state index contributed by atoms with van der Waals surface area (Å²) in [6, 6.07) is 4.01. The summed E-state index contributed by atoms with van der Waals surface area (Å²) in [6.07, 6.45) is 4.21. The van der Waals surface area contributed by atoms with E-state index in [0.29, 0.717) is 31.1 Å². The van der Waals surface area contributed by atoms with Crippen LogP contribution >= 0.6 is 0 Å². The monoisotopic (exact) mass is 384 g/mol. The molecule has 0 aliphatic carbocycles. The number of aryl methyl sites for hydroxylation is 1. The van der Waals surface area contributed by atoms with Crippen LogP contribution in [0.2, 0.25) is 0 Å². The molecule has 5 nitrogen and oxygen atoms in total. The number of Topliss-reactive ketones (excluding diaryl/α,β-unsaturated/α-hetero) is 2. The highest BCUT2D eigenvalue weighted by molar-refractivity contribution is 6.00. The van der Waals surface area contributed by atoms with Crippen LogP contribution in [0, 0.1) is 23.7 Å². The molecule has 3 rings (SSSR count). The Hall–Kier alpha value is -2.01. The molecule has 28 heavy (non-hydrogen) atoms. The van der Waals surface area contributed by atoms with Crippen LogP contribution in [-0.2, 0) is 16.0 Å². The zero-order valence-electron chi connectivity index (χ0n) is 18.0. The fraction of sp³-hybridized carbons (Fsp3) is 0.609. The molecule has 0 spiro atoms. The first-order valence-electron chi connectivity index (χ1n) is 10.1. The third kappa shape index (κ3) is 4.04. The SMILES string of the molecule is Cc1nc2cc(CC(C)(C)C(=O)C3CCOCC3)ccn2c1C(=O)C(C)(C)C. The van der Waals surface area contributed by atoms with E-state index in [0.717, 1.165) is 29.7 Å². The predicted molar refractivity (Wildman–Crippen MR) is 110 cm³/mol. The van der Waals surface area contributed by atoms with E-state index in [4.69, 9.17) is 4.74 Å². The van der Waals surface area contributed by atoms with Gasteiger partial charge in [0.05, 0.1) is 5.69 Å². The van der Waals surface area contributed by atoms with E-state index in [1.807, 2.05) is 64.3 Å². The van der Waals surface area contributed by atoms with Gasteiger partial charge >= 0.3 is 0 Å². The van der Waals surface area contributed by atoms with Crippen molar-refractivity contribution in [2.45, 2.75) is 60.8 Å². The van der Waals surface area contributed by atoms with Crippen molar-refractivity contribution in [1.82, 2.24) is 9.38 Å². The molecule has 1 fully saturated rings. The van der Waals surface area contributed by atoms with Gasteiger partial charge in [0.1, 0.15) is 17.1 Å². The largest absolute Gasteiger partial charge is 0.381 e. The van der Waals surface area contributed by atoms with Gasteiger partial charge in [0, 0.05) is 36.2 Å². The minimum Gasteiger partial charge on any atom is -0.381 e. The molecule has 0 saturated carbocycles. The van der Waals surface area contributed by atoms with Crippen LogP contribution in [0.25, 0.3) is 5.65 Å². The molecule has 2 aromatic rings. The van der Waals surface area contributed by atoms with Crippen molar-refractivity contribution in [2.75, 3.05) is 13.2 Å². The summed E-state index contributed by atoms with van der Waals surface area (Å²) in [4.78, 5) is 30.5. The molecule has 0 unspecified atom stereocenters. The molecule has 2 aromatic heterocycles. The lowest BCUT2D eigenvalue weighted by Crippen LogP contribution is -2.35. The molecule has 0 atom stereocenters. The molecule has 0 aromatic carbocycles. The van der Waals surface area contributed by atoms with Gasteiger partial charge < -0.3 is 4.74 Å². The van der Waals surface area contributed by atoms with Gasteiger partial charge in [-0.25, -0.2) is 4.98 Å². The van der Waals surface area contributed by atoms with Gasteiger partial charge in [0.25, 0.3) is 0 Å². The van der Waals surface area contributed by atoms with Gasteiger partial charge in [-0.05, 0) is 43.9 Å². The molecule has 0 bridgehead atoms. The fourth-order valence-corrected chi connectivity index (χ4v) is 4.05. The second kappa shape index (κ2) is 7.43. The van der Waals surface area contributed by atoms with Crippen LogP contribution in [0.1, 0.15) is 69.2 Å². The number of hydrogen-bond acceptors (Lipinski definition) is 4. The first-order valence-corrected chi connectivity index (χ1v) is 10.1. The van der Waals surface area contributed by atoms with E-state index >= 15 is 0 Å². The van der Waals surface area contributed by atoms with Crippen molar-refractivity contribution < 1.29 is 14.3 Å². The summed E-state index contributed by atoms with van der Waals surface area (Å²) in [5, 5.41) is 0. The van der Waals surface area contributed by atoms with E-state index in [1.54, 1.807) is 0 Å². The summed E-state index contributed by atoms with van der Waals surface area (Å²) in [5.41, 5.74) is 2.32. The molecule has 0 radical (unpaired) electrons. The lowest BCUT2D eigenvalue weighted by molar-refractivity contribution is -0.134. The van der Waals surface area contributed by atoms with E-state index in [9.17, 15) is 9.59 Å². The maximum atomic E-state index is 13.0. The van der Waals surface area contributed by atoms with Gasteiger partial charge in [-0.3, -0.25) is 14.0 Å². The van der Waals surface area contributed by atoms with Crippen LogP contribution in [-0.4, -0.2) is 34.2 Å². The zero-order valence-corrected chi connectivity index (χ0v) is 18.0. The molecule has 1 aliphatic heterocycles. The van der Waals surface area contributed by atoms with Gasteiger partial charge in [0.15, 0.2) is 5.78 Å². The fourth-order valence-electron chi connectivity index (χ4n) is 4.05. The Labute approximate surface area is 167 Å². The number of pyridine rings is 1. The van der Waals surface area contributed by atoms with Crippen molar-refractivity contribution in [3.05, 3.63) is 35.3 Å². The lowest BCUT2D eigenvalue weighted by Gasteiger charge is -2.30. The topological polar surface area (TPSA) is 60.7 Å². The number of nitrogens with zero attached hydrogens (tertiary/aromatic N) is 2. The predicted octanol–water partition coefficient (Wildman–Crippen LogP) is 4.44. The third-order valence-corrected chi connectivity index (χ3v) is 5.67. The highest BCUT2D eigenvalue weighted by Crippen LogP contribution is 2.31. The maximum absolute atomic E-state index is 13.0. The maximum Gasteiger partial charge on any atom is 0.186 e. The average molecular weight is 385 g/mol. The Morgan fingerprint density at radius 2 is 1.82 bits per heavy atom. The number of hydrogen-bond donors (Lipinski definition) is 0. The number of carbonyl (C=O) groups is 2. The van der Waals surface area contributed by atoms with Crippen molar-refractivity contribution in [1.29, 1.82) is 0 Å². The number of carbonyl (C=O) groups excluding carboxylic acids is 2. The number of fused-ring (bicyclic) bond motifs is 1. The minimum absolute atomic E-state index is 0.0836. The quantitative estimate of drug-likeness (QED) is 0.715. The standard InChI is InChI=1S/C23H32N2O3/c1-15-19(21(27)22(2,3)4)25-10-7-16(13-18(25)24-15)14-23(5,6)20(26)17-8-11-28-12-9-17/h7,10,13,17H,8-9,11-12,14H2,1-6H3. The smallest absolute Gasteiger partial charge is 0.186 e. The van der Waals surface area contributed by atoms with Crippen molar-refractivity contribution >= 4 is 17.2 Å². The Balaban J connectivity index is 1.86. The highest BCUT2D eigenvalue weighted by atomic mass is 16.5. The Morgan fingerprint density at radius 1 is 1.18 bits per heavy atom. The van der Waals surface area contributed by atoms with Gasteiger partial charge in [-0.2, -0.15) is 0 Å². The molecule has 3 heterocycles. The molecule has 152 valence electrons. The second-order valence-corrected chi connectivity index (χ2v) is 9.70. The average Bonchev–Trinajstić information content (AvgIpc) is 2.94. The first-order chi connectivity index (χ1) is 13.0. The summed E-state index contributed by atoms with van der Waals surface area (Å²) >= 11 is 0. The van der Waals surface area contributed by atoms with Crippen LogP contribution in [0.3, 0.4) is 0 Å². The number of rotatable bonds is 5. The Morgan fingerprint density at radius 3 is 2.43 bits per heavy atom. The summed E-state index contributed by atoms with van der Waals surface area (Å²) < 4.78 is 7.27. The number of ether oxygens (including phenoxy) is 1. The zero-order chi connectivity index (χ0) is 20.7. The van der Waals surface area contributed by atoms with Crippen LogP contribution in [0.15, 0.2) is 18.3 Å². The molecule has 0 amide bonds. The van der Waals surface area contributed by atoms with Crippen LogP contribution < -0.4 is 0 Å². The van der Waals surface area contributed by atoms with E-state index < -0.39 is 10.8 Å².